The van der Waals surface area contributed by atoms with Gasteiger partial charge in [0.15, 0.2) is 0 Å². The van der Waals surface area contributed by atoms with Crippen LogP contribution in [-0.2, 0) is 0 Å². The Morgan fingerprint density at radius 3 is 2.11 bits per heavy atom. The maximum absolute atomic E-state index is 12.7. The molecule has 0 saturated carbocycles. The number of hydrogen-bond donors (Lipinski definition) is 1. The molecular weight excluding hydrogens is 344 g/mol. The summed E-state index contributed by atoms with van der Waals surface area (Å²) >= 11 is 0. The zero-order valence-corrected chi connectivity index (χ0v) is 14.1. The molecule has 0 saturated heterocycles. The lowest BCUT2D eigenvalue weighted by molar-refractivity contribution is 0.0566. The first-order valence-corrected chi connectivity index (χ1v) is 8.21. The molecule has 0 atom stereocenters. The number of nitrogens with zero attached hydrogens (tertiary/aromatic N) is 1. The number of nitrogen functional groups attached to an aromatic ring is 1. The van der Waals surface area contributed by atoms with Crippen molar-refractivity contribution in [3.05, 3.63) is 89.5 Å². The van der Waals surface area contributed by atoms with E-state index in [1.165, 1.54) is 24.3 Å². The van der Waals surface area contributed by atoms with Crippen molar-refractivity contribution in [3.63, 3.8) is 0 Å². The molecule has 1 heterocycles. The second kappa shape index (κ2) is 6.42. The van der Waals surface area contributed by atoms with Crippen LogP contribution >= 0.6 is 0 Å². The molecule has 6 nitrogen and oxygen atoms in total. The standard InChI is InChI=1S/C21H14N2O4/c22-17-8-4-7-16-18(17)21(26)23(20(16)25)19(24)13-9-11-15(12-10-13)27-14-5-2-1-3-6-14/h1-12H,22H2. The number of carbonyl (C=O) groups is 3. The second-order valence-corrected chi connectivity index (χ2v) is 5.96. The Morgan fingerprint density at radius 1 is 0.778 bits per heavy atom. The summed E-state index contributed by atoms with van der Waals surface area (Å²) in [5.41, 5.74) is 6.37. The number of amides is 3. The summed E-state index contributed by atoms with van der Waals surface area (Å²) in [6.07, 6.45) is 0. The van der Waals surface area contributed by atoms with E-state index < -0.39 is 17.7 Å². The fourth-order valence-electron chi connectivity index (χ4n) is 2.92. The number of benzene rings is 3. The third-order valence-electron chi connectivity index (χ3n) is 4.23. The molecule has 3 amide bonds. The fourth-order valence-corrected chi connectivity index (χ4v) is 2.92. The minimum atomic E-state index is -0.706. The Labute approximate surface area is 154 Å². The quantitative estimate of drug-likeness (QED) is 0.572. The molecular formula is C21H14N2O4. The highest BCUT2D eigenvalue weighted by Crippen LogP contribution is 2.29. The number of hydrogen-bond acceptors (Lipinski definition) is 5. The van der Waals surface area contributed by atoms with E-state index in [0.717, 1.165) is 0 Å². The van der Waals surface area contributed by atoms with Crippen molar-refractivity contribution >= 4 is 23.4 Å². The van der Waals surface area contributed by atoms with Crippen LogP contribution in [0.2, 0.25) is 0 Å². The van der Waals surface area contributed by atoms with Crippen LogP contribution in [0.3, 0.4) is 0 Å². The van der Waals surface area contributed by atoms with Crippen molar-refractivity contribution in [2.45, 2.75) is 0 Å². The number of para-hydroxylation sites is 1. The Bertz CT molecular complexity index is 1060. The average molecular weight is 358 g/mol. The van der Waals surface area contributed by atoms with Gasteiger partial charge in [-0.1, -0.05) is 24.3 Å². The largest absolute Gasteiger partial charge is 0.457 e. The summed E-state index contributed by atoms with van der Waals surface area (Å²) in [6.45, 7) is 0. The molecule has 0 radical (unpaired) electrons. The summed E-state index contributed by atoms with van der Waals surface area (Å²) in [4.78, 5) is 38.4. The van der Waals surface area contributed by atoms with Gasteiger partial charge in [0.2, 0.25) is 0 Å². The van der Waals surface area contributed by atoms with E-state index in [4.69, 9.17) is 10.5 Å². The van der Waals surface area contributed by atoms with Gasteiger partial charge in [0.25, 0.3) is 17.7 Å². The number of fused-ring (bicyclic) bond motifs is 1. The molecule has 3 aromatic carbocycles. The minimum absolute atomic E-state index is 0.0693. The minimum Gasteiger partial charge on any atom is -0.457 e. The molecule has 0 spiro atoms. The Kier molecular flexibility index (Phi) is 3.93. The summed E-state index contributed by atoms with van der Waals surface area (Å²) in [7, 11) is 0. The van der Waals surface area contributed by atoms with E-state index in [-0.39, 0.29) is 22.4 Å². The normalized spacial score (nSPS) is 12.8. The van der Waals surface area contributed by atoms with E-state index in [2.05, 4.69) is 0 Å². The van der Waals surface area contributed by atoms with Crippen molar-refractivity contribution in [2.75, 3.05) is 5.73 Å². The van der Waals surface area contributed by atoms with Gasteiger partial charge in [-0.15, -0.1) is 0 Å². The number of rotatable bonds is 3. The Hall–Kier alpha value is -3.93. The molecule has 132 valence electrons. The van der Waals surface area contributed by atoms with Crippen molar-refractivity contribution in [2.24, 2.45) is 0 Å². The highest BCUT2D eigenvalue weighted by atomic mass is 16.5. The predicted octanol–water partition coefficient (Wildman–Crippen LogP) is 3.50. The average Bonchev–Trinajstić information content (AvgIpc) is 2.94. The first-order valence-electron chi connectivity index (χ1n) is 8.21. The molecule has 2 N–H and O–H groups in total. The summed E-state index contributed by atoms with van der Waals surface area (Å²) < 4.78 is 5.67. The highest BCUT2D eigenvalue weighted by Gasteiger charge is 2.41. The van der Waals surface area contributed by atoms with Crippen LogP contribution in [0.1, 0.15) is 31.1 Å². The summed E-state index contributed by atoms with van der Waals surface area (Å²) in [5, 5.41) is 0. The lowest BCUT2D eigenvalue weighted by Crippen LogP contribution is -2.36. The number of nitrogens with two attached hydrogens (primary N) is 1. The third kappa shape index (κ3) is 2.83. The molecule has 1 aliphatic heterocycles. The van der Waals surface area contributed by atoms with Crippen LogP contribution in [0.5, 0.6) is 11.5 Å². The topological polar surface area (TPSA) is 89.7 Å². The predicted molar refractivity (Wildman–Crippen MR) is 98.6 cm³/mol. The van der Waals surface area contributed by atoms with Gasteiger partial charge in [0.1, 0.15) is 11.5 Å². The monoisotopic (exact) mass is 358 g/mol. The number of ether oxygens (including phenoxy) is 1. The Balaban J connectivity index is 1.58. The summed E-state index contributed by atoms with van der Waals surface area (Å²) in [5.74, 6) is -0.886. The first-order chi connectivity index (χ1) is 13.1. The second-order valence-electron chi connectivity index (χ2n) is 5.96. The van der Waals surface area contributed by atoms with Gasteiger partial charge in [0.05, 0.1) is 11.1 Å². The number of imide groups is 3. The van der Waals surface area contributed by atoms with Crippen molar-refractivity contribution < 1.29 is 19.1 Å². The zero-order chi connectivity index (χ0) is 19.0. The van der Waals surface area contributed by atoms with Crippen LogP contribution in [0.4, 0.5) is 5.69 Å². The van der Waals surface area contributed by atoms with Crippen LogP contribution in [-0.4, -0.2) is 22.6 Å². The molecule has 0 aliphatic carbocycles. The van der Waals surface area contributed by atoms with Crippen molar-refractivity contribution in [1.82, 2.24) is 4.90 Å². The highest BCUT2D eigenvalue weighted by molar-refractivity contribution is 6.32. The van der Waals surface area contributed by atoms with Crippen LogP contribution in [0.25, 0.3) is 0 Å². The molecule has 0 bridgehead atoms. The van der Waals surface area contributed by atoms with Crippen LogP contribution in [0, 0.1) is 0 Å². The number of carbonyl (C=O) groups excluding carboxylic acids is 3. The lowest BCUT2D eigenvalue weighted by atomic mass is 10.1. The van der Waals surface area contributed by atoms with Crippen LogP contribution in [0.15, 0.2) is 72.8 Å². The van der Waals surface area contributed by atoms with E-state index in [0.29, 0.717) is 16.4 Å². The molecule has 6 heteroatoms. The van der Waals surface area contributed by atoms with Crippen LogP contribution < -0.4 is 10.5 Å². The molecule has 4 rings (SSSR count). The van der Waals surface area contributed by atoms with Gasteiger partial charge in [-0.25, -0.2) is 4.90 Å². The van der Waals surface area contributed by atoms with Gasteiger partial charge in [-0.05, 0) is 48.5 Å². The van der Waals surface area contributed by atoms with E-state index in [1.54, 1.807) is 18.2 Å². The molecule has 3 aromatic rings. The van der Waals surface area contributed by atoms with Gasteiger partial charge >= 0.3 is 0 Å². The van der Waals surface area contributed by atoms with Gasteiger partial charge < -0.3 is 10.5 Å². The first kappa shape index (κ1) is 16.5. The van der Waals surface area contributed by atoms with Crippen molar-refractivity contribution in [1.29, 1.82) is 0 Å². The smallest absolute Gasteiger partial charge is 0.270 e. The molecule has 1 aliphatic rings. The van der Waals surface area contributed by atoms with Gasteiger partial charge in [-0.2, -0.15) is 0 Å². The molecule has 0 fully saturated rings. The maximum Gasteiger partial charge on any atom is 0.270 e. The van der Waals surface area contributed by atoms with Gasteiger partial charge in [0, 0.05) is 11.3 Å². The molecule has 0 aromatic heterocycles. The van der Waals surface area contributed by atoms with E-state index in [1.807, 2.05) is 30.3 Å². The molecule has 0 unspecified atom stereocenters. The van der Waals surface area contributed by atoms with E-state index >= 15 is 0 Å². The summed E-state index contributed by atoms with van der Waals surface area (Å²) in [6, 6.07) is 20.0. The zero-order valence-electron chi connectivity index (χ0n) is 14.1. The van der Waals surface area contributed by atoms with Crippen molar-refractivity contribution in [3.8, 4) is 11.5 Å². The molecule has 27 heavy (non-hydrogen) atoms. The Morgan fingerprint density at radius 2 is 1.44 bits per heavy atom. The third-order valence-corrected chi connectivity index (χ3v) is 4.23. The van der Waals surface area contributed by atoms with Gasteiger partial charge in [-0.3, -0.25) is 14.4 Å². The lowest BCUT2D eigenvalue weighted by Gasteiger charge is -2.12. The fraction of sp³-hybridized carbons (Fsp3) is 0. The SMILES string of the molecule is Nc1cccc2c1C(=O)N(C(=O)c1ccc(Oc3ccccc3)cc1)C2=O. The maximum atomic E-state index is 12.7. The number of anilines is 1. The van der Waals surface area contributed by atoms with E-state index in [9.17, 15) is 14.4 Å².